The van der Waals surface area contributed by atoms with Crippen LogP contribution in [0.25, 0.3) is 22.1 Å². The van der Waals surface area contributed by atoms with Crippen molar-refractivity contribution < 1.29 is 18.7 Å². The van der Waals surface area contributed by atoms with Crippen LogP contribution in [-0.2, 0) is 11.3 Å². The van der Waals surface area contributed by atoms with Crippen molar-refractivity contribution >= 4 is 45.4 Å². The molecule has 0 spiro atoms. The van der Waals surface area contributed by atoms with Crippen LogP contribution < -0.4 is 20.3 Å². The molecule has 0 saturated heterocycles. The van der Waals surface area contributed by atoms with Crippen molar-refractivity contribution in [3.05, 3.63) is 52.8 Å². The average molecular weight is 482 g/mol. The molecule has 0 aliphatic carbocycles. The molecule has 0 unspecified atom stereocenters. The number of nitrogens with one attached hydrogen (secondary N) is 1. The lowest BCUT2D eigenvalue weighted by Gasteiger charge is -2.13. The molecule has 1 amide bonds. The number of fused-ring (bicyclic) bond motifs is 3. The molecule has 2 aromatic heterocycles. The van der Waals surface area contributed by atoms with Gasteiger partial charge in [0.05, 0.1) is 20.0 Å². The van der Waals surface area contributed by atoms with Gasteiger partial charge in [-0.15, -0.1) is 0 Å². The molecule has 0 atom stereocenters. The van der Waals surface area contributed by atoms with E-state index in [1.165, 1.54) is 11.8 Å². The van der Waals surface area contributed by atoms with E-state index in [4.69, 9.17) is 18.9 Å². The molecular formula is C25H27N3O5S. The monoisotopic (exact) mass is 481 g/mol. The number of hydrogen-bond acceptors (Lipinski definition) is 7. The molecule has 0 bridgehead atoms. The fourth-order valence-corrected chi connectivity index (χ4v) is 4.37. The number of amides is 1. The van der Waals surface area contributed by atoms with E-state index in [0.717, 1.165) is 11.8 Å². The number of ether oxygens (including phenoxy) is 2. The van der Waals surface area contributed by atoms with Crippen LogP contribution in [0.5, 0.6) is 11.5 Å². The molecule has 0 saturated carbocycles. The van der Waals surface area contributed by atoms with E-state index in [1.807, 2.05) is 24.3 Å². The largest absolute Gasteiger partial charge is 0.497 e. The number of anilines is 1. The number of furan rings is 1. The first kappa shape index (κ1) is 23.7. The highest BCUT2D eigenvalue weighted by Crippen LogP contribution is 2.28. The Morgan fingerprint density at radius 2 is 1.85 bits per heavy atom. The second kappa shape index (κ2) is 10.2. The van der Waals surface area contributed by atoms with Gasteiger partial charge in [0.15, 0.2) is 5.16 Å². The Morgan fingerprint density at radius 1 is 1.15 bits per heavy atom. The fraction of sp³-hybridized carbons (Fsp3) is 0.320. The van der Waals surface area contributed by atoms with Crippen LogP contribution in [0.1, 0.15) is 20.3 Å². The molecule has 0 aliphatic heterocycles. The van der Waals surface area contributed by atoms with Crippen LogP contribution in [0.3, 0.4) is 0 Å². The standard InChI is InChI=1S/C25H27N3O5S/c1-15(2)9-10-28-24(30)23-22(19-7-5-6-8-20(19)33-23)27-25(28)34-14-21(29)26-16-11-17(31-3)13-18(12-16)32-4/h5-8,11-13,15H,9-10,14H2,1-4H3,(H,26,29). The van der Waals surface area contributed by atoms with E-state index in [0.29, 0.717) is 45.9 Å². The number of benzene rings is 2. The van der Waals surface area contributed by atoms with Gasteiger partial charge in [-0.05, 0) is 24.5 Å². The van der Waals surface area contributed by atoms with Crippen molar-refractivity contribution in [2.45, 2.75) is 32.0 Å². The first-order valence-electron chi connectivity index (χ1n) is 11.0. The van der Waals surface area contributed by atoms with Crippen LogP contribution in [0, 0.1) is 5.92 Å². The van der Waals surface area contributed by atoms with E-state index in [-0.39, 0.29) is 22.8 Å². The van der Waals surface area contributed by atoms with Gasteiger partial charge in [0.25, 0.3) is 5.56 Å². The average Bonchev–Trinajstić information content (AvgIpc) is 3.20. The summed E-state index contributed by atoms with van der Waals surface area (Å²) in [5, 5.41) is 4.12. The Labute approximate surface area is 201 Å². The summed E-state index contributed by atoms with van der Waals surface area (Å²) in [5.41, 5.74) is 1.69. The molecule has 4 aromatic rings. The zero-order valence-corrected chi connectivity index (χ0v) is 20.4. The summed E-state index contributed by atoms with van der Waals surface area (Å²) in [5.74, 6) is 1.40. The number of aromatic nitrogens is 2. The third-order valence-electron chi connectivity index (χ3n) is 5.34. The summed E-state index contributed by atoms with van der Waals surface area (Å²) in [6.45, 7) is 4.69. The zero-order valence-electron chi connectivity index (χ0n) is 19.6. The van der Waals surface area contributed by atoms with Gasteiger partial charge in [0.2, 0.25) is 11.5 Å². The third-order valence-corrected chi connectivity index (χ3v) is 6.32. The highest BCUT2D eigenvalue weighted by molar-refractivity contribution is 7.99. The van der Waals surface area contributed by atoms with Gasteiger partial charge >= 0.3 is 0 Å². The molecule has 34 heavy (non-hydrogen) atoms. The zero-order chi connectivity index (χ0) is 24.2. The minimum Gasteiger partial charge on any atom is -0.497 e. The van der Waals surface area contributed by atoms with E-state index in [9.17, 15) is 9.59 Å². The molecule has 4 rings (SSSR count). The van der Waals surface area contributed by atoms with Crippen LogP contribution >= 0.6 is 11.8 Å². The van der Waals surface area contributed by atoms with Gasteiger partial charge in [-0.2, -0.15) is 0 Å². The fourth-order valence-electron chi connectivity index (χ4n) is 3.55. The molecule has 0 aliphatic rings. The lowest BCUT2D eigenvalue weighted by Crippen LogP contribution is -2.24. The maximum absolute atomic E-state index is 13.3. The van der Waals surface area contributed by atoms with Crippen LogP contribution in [0.15, 0.2) is 56.8 Å². The number of methoxy groups -OCH3 is 2. The van der Waals surface area contributed by atoms with E-state index < -0.39 is 0 Å². The second-order valence-electron chi connectivity index (χ2n) is 8.25. The van der Waals surface area contributed by atoms with Gasteiger partial charge in [-0.3, -0.25) is 14.2 Å². The normalized spacial score (nSPS) is 11.3. The van der Waals surface area contributed by atoms with Gasteiger partial charge in [-0.25, -0.2) is 4.98 Å². The molecule has 0 fully saturated rings. The predicted octanol–water partition coefficient (Wildman–Crippen LogP) is 4.94. The topological polar surface area (TPSA) is 95.6 Å². The van der Waals surface area contributed by atoms with E-state index >= 15 is 0 Å². The van der Waals surface area contributed by atoms with Crippen molar-refractivity contribution in [3.8, 4) is 11.5 Å². The lowest BCUT2D eigenvalue weighted by molar-refractivity contribution is -0.113. The quantitative estimate of drug-likeness (QED) is 0.267. The van der Waals surface area contributed by atoms with Crippen LogP contribution in [0.2, 0.25) is 0 Å². The number of rotatable bonds is 9. The van der Waals surface area contributed by atoms with Crippen molar-refractivity contribution in [1.29, 1.82) is 0 Å². The maximum Gasteiger partial charge on any atom is 0.297 e. The summed E-state index contributed by atoms with van der Waals surface area (Å²) >= 11 is 1.22. The Balaban J connectivity index is 1.62. The number of para-hydroxylation sites is 1. The number of hydrogen-bond donors (Lipinski definition) is 1. The third kappa shape index (κ3) is 5.04. The van der Waals surface area contributed by atoms with Crippen LogP contribution in [0.4, 0.5) is 5.69 Å². The smallest absolute Gasteiger partial charge is 0.297 e. The summed E-state index contributed by atoms with van der Waals surface area (Å²) < 4.78 is 18.0. The molecule has 1 N–H and O–H groups in total. The summed E-state index contributed by atoms with van der Waals surface area (Å²) in [6.07, 6.45) is 0.802. The lowest BCUT2D eigenvalue weighted by atomic mass is 10.1. The predicted molar refractivity (Wildman–Crippen MR) is 134 cm³/mol. The SMILES string of the molecule is COc1cc(NC(=O)CSc2nc3c(oc4ccccc43)c(=O)n2CCC(C)C)cc(OC)c1. The van der Waals surface area contributed by atoms with Crippen molar-refractivity contribution in [3.63, 3.8) is 0 Å². The number of thioether (sulfide) groups is 1. The summed E-state index contributed by atoms with van der Waals surface area (Å²) in [4.78, 5) is 30.8. The van der Waals surface area contributed by atoms with Gasteiger partial charge in [-0.1, -0.05) is 37.7 Å². The minimum absolute atomic E-state index is 0.0783. The first-order valence-corrected chi connectivity index (χ1v) is 12.0. The molecule has 2 aromatic carbocycles. The molecule has 2 heterocycles. The first-order chi connectivity index (χ1) is 16.4. The van der Waals surface area contributed by atoms with Crippen molar-refractivity contribution in [1.82, 2.24) is 9.55 Å². The minimum atomic E-state index is -0.234. The molecule has 178 valence electrons. The van der Waals surface area contributed by atoms with Crippen molar-refractivity contribution in [2.24, 2.45) is 5.92 Å². The molecule has 9 heteroatoms. The van der Waals surface area contributed by atoms with Gasteiger partial charge < -0.3 is 19.2 Å². The number of carbonyl (C=O) groups excluding carboxylic acids is 1. The van der Waals surface area contributed by atoms with Gasteiger partial charge in [0, 0.05) is 35.8 Å². The highest BCUT2D eigenvalue weighted by atomic mass is 32.2. The van der Waals surface area contributed by atoms with Crippen LogP contribution in [-0.4, -0.2) is 35.4 Å². The number of nitrogens with zero attached hydrogens (tertiary/aromatic N) is 2. The maximum atomic E-state index is 13.3. The molecule has 0 radical (unpaired) electrons. The van der Waals surface area contributed by atoms with E-state index in [1.54, 1.807) is 37.0 Å². The van der Waals surface area contributed by atoms with E-state index in [2.05, 4.69) is 19.2 Å². The van der Waals surface area contributed by atoms with Gasteiger partial charge in [0.1, 0.15) is 22.6 Å². The van der Waals surface area contributed by atoms with Crippen molar-refractivity contribution in [2.75, 3.05) is 25.3 Å². The highest BCUT2D eigenvalue weighted by Gasteiger charge is 2.19. The molecular weight excluding hydrogens is 454 g/mol. The summed E-state index contributed by atoms with van der Waals surface area (Å²) in [7, 11) is 3.10. The Kier molecular flexibility index (Phi) is 7.12. The molecule has 8 nitrogen and oxygen atoms in total. The summed E-state index contributed by atoms with van der Waals surface area (Å²) in [6, 6.07) is 12.6. The number of carbonyl (C=O) groups is 1. The second-order valence-corrected chi connectivity index (χ2v) is 9.19. The Bertz CT molecular complexity index is 1370. The Hall–Kier alpha value is -3.46. The Morgan fingerprint density at radius 3 is 2.53 bits per heavy atom.